The van der Waals surface area contributed by atoms with Gasteiger partial charge >= 0.3 is 0 Å². The van der Waals surface area contributed by atoms with E-state index in [2.05, 4.69) is 10.4 Å². The largest absolute Gasteiger partial charge is 0.457 e. The van der Waals surface area contributed by atoms with Crippen molar-refractivity contribution in [2.24, 2.45) is 7.05 Å². The van der Waals surface area contributed by atoms with E-state index in [1.165, 1.54) is 18.3 Å². The summed E-state index contributed by atoms with van der Waals surface area (Å²) in [4.78, 5) is 23.2. The van der Waals surface area contributed by atoms with Crippen molar-refractivity contribution in [3.63, 3.8) is 0 Å². The molecule has 27 heavy (non-hydrogen) atoms. The van der Waals surface area contributed by atoms with Crippen LogP contribution >= 0.6 is 0 Å². The molecule has 0 unspecified atom stereocenters. The zero-order valence-corrected chi connectivity index (χ0v) is 15.1. The van der Waals surface area contributed by atoms with Crippen LogP contribution in [0.25, 0.3) is 0 Å². The minimum absolute atomic E-state index is 0.182. The van der Waals surface area contributed by atoms with Crippen molar-refractivity contribution in [1.82, 2.24) is 9.78 Å². The molecule has 1 amide bonds. The third-order valence-electron chi connectivity index (χ3n) is 4.07. The highest BCUT2D eigenvalue weighted by atomic mass is 16.6. The number of hydrogen-bond donors (Lipinski definition) is 1. The zero-order valence-electron chi connectivity index (χ0n) is 15.1. The van der Waals surface area contributed by atoms with Crippen LogP contribution in [0.4, 0.5) is 11.4 Å². The number of carbonyl (C=O) groups is 1. The Bertz CT molecular complexity index is 1030. The predicted molar refractivity (Wildman–Crippen MR) is 100 cm³/mol. The monoisotopic (exact) mass is 366 g/mol. The SMILES string of the molecule is Cc1cccc(Oc2cc(NC(=O)c3cnn(C)c3C)cc([N+](=O)[O-])c2)c1. The summed E-state index contributed by atoms with van der Waals surface area (Å²) in [6, 6.07) is 11.5. The van der Waals surface area contributed by atoms with Gasteiger partial charge in [0.25, 0.3) is 11.6 Å². The highest BCUT2D eigenvalue weighted by molar-refractivity contribution is 6.05. The third-order valence-corrected chi connectivity index (χ3v) is 4.07. The smallest absolute Gasteiger partial charge is 0.275 e. The highest BCUT2D eigenvalue weighted by Crippen LogP contribution is 2.30. The Hall–Kier alpha value is -3.68. The number of rotatable bonds is 5. The van der Waals surface area contributed by atoms with Crippen LogP contribution in [0, 0.1) is 24.0 Å². The summed E-state index contributed by atoms with van der Waals surface area (Å²) >= 11 is 0. The molecule has 0 saturated carbocycles. The molecule has 138 valence electrons. The molecule has 8 heteroatoms. The second-order valence-electron chi connectivity index (χ2n) is 6.11. The maximum atomic E-state index is 12.5. The number of nitrogens with one attached hydrogen (secondary N) is 1. The molecule has 2 aromatic carbocycles. The number of non-ortho nitro benzene ring substituents is 1. The van der Waals surface area contributed by atoms with Crippen molar-refractivity contribution in [3.8, 4) is 11.5 Å². The van der Waals surface area contributed by atoms with Crippen LogP contribution < -0.4 is 10.1 Å². The fraction of sp³-hybridized carbons (Fsp3) is 0.158. The van der Waals surface area contributed by atoms with Gasteiger partial charge in [0, 0.05) is 24.9 Å². The van der Waals surface area contributed by atoms with Crippen LogP contribution in [-0.2, 0) is 7.05 Å². The quantitative estimate of drug-likeness (QED) is 0.544. The van der Waals surface area contributed by atoms with Crippen molar-refractivity contribution >= 4 is 17.3 Å². The maximum Gasteiger partial charge on any atom is 0.275 e. The van der Waals surface area contributed by atoms with E-state index >= 15 is 0 Å². The van der Waals surface area contributed by atoms with Gasteiger partial charge in [-0.1, -0.05) is 12.1 Å². The van der Waals surface area contributed by atoms with Gasteiger partial charge in [0.1, 0.15) is 11.5 Å². The first kappa shape index (κ1) is 18.1. The minimum atomic E-state index is -0.534. The van der Waals surface area contributed by atoms with E-state index in [1.54, 1.807) is 30.8 Å². The van der Waals surface area contributed by atoms with Crippen molar-refractivity contribution in [1.29, 1.82) is 0 Å². The molecule has 0 aliphatic carbocycles. The van der Waals surface area contributed by atoms with Gasteiger partial charge in [-0.05, 0) is 31.5 Å². The molecule has 0 saturated heterocycles. The summed E-state index contributed by atoms with van der Waals surface area (Å²) in [6.07, 6.45) is 1.45. The standard InChI is InChI=1S/C19H18N4O4/c1-12-5-4-6-16(7-12)27-17-9-14(8-15(10-17)23(25)26)21-19(24)18-11-20-22(3)13(18)2/h4-11H,1-3H3,(H,21,24). The van der Waals surface area contributed by atoms with E-state index in [0.717, 1.165) is 5.56 Å². The first-order valence-electron chi connectivity index (χ1n) is 8.17. The number of carbonyl (C=O) groups excluding carboxylic acids is 1. The lowest BCUT2D eigenvalue weighted by Crippen LogP contribution is -2.13. The van der Waals surface area contributed by atoms with Crippen molar-refractivity contribution < 1.29 is 14.5 Å². The van der Waals surface area contributed by atoms with Crippen LogP contribution in [0.1, 0.15) is 21.6 Å². The number of benzene rings is 2. The van der Waals surface area contributed by atoms with Gasteiger partial charge in [-0.25, -0.2) is 0 Å². The fourth-order valence-corrected chi connectivity index (χ4v) is 2.55. The summed E-state index contributed by atoms with van der Waals surface area (Å²) in [7, 11) is 1.73. The Morgan fingerprint density at radius 3 is 2.59 bits per heavy atom. The van der Waals surface area contributed by atoms with Crippen LogP contribution in [-0.4, -0.2) is 20.6 Å². The number of nitro benzene ring substituents is 1. The Morgan fingerprint density at radius 2 is 1.96 bits per heavy atom. The molecule has 0 atom stereocenters. The zero-order chi connectivity index (χ0) is 19.6. The van der Waals surface area contributed by atoms with Crippen molar-refractivity contribution in [3.05, 3.63) is 75.6 Å². The van der Waals surface area contributed by atoms with Crippen LogP contribution in [0.3, 0.4) is 0 Å². The number of anilines is 1. The molecule has 0 radical (unpaired) electrons. The van der Waals surface area contributed by atoms with Gasteiger partial charge in [0.05, 0.1) is 28.4 Å². The average Bonchev–Trinajstić information content (AvgIpc) is 2.94. The molecule has 3 aromatic rings. The predicted octanol–water partition coefficient (Wildman–Crippen LogP) is 3.99. The Kier molecular flexibility index (Phi) is 4.89. The first-order valence-corrected chi connectivity index (χ1v) is 8.17. The molecule has 1 N–H and O–H groups in total. The molecule has 0 fully saturated rings. The van der Waals surface area contributed by atoms with E-state index < -0.39 is 10.8 Å². The van der Waals surface area contributed by atoms with Gasteiger partial charge in [-0.15, -0.1) is 0 Å². The molecule has 0 spiro atoms. The molecule has 1 aromatic heterocycles. The Labute approximate surface area is 155 Å². The summed E-state index contributed by atoms with van der Waals surface area (Å²) in [5.41, 5.74) is 2.16. The summed E-state index contributed by atoms with van der Waals surface area (Å²) < 4.78 is 7.31. The Balaban J connectivity index is 1.90. The Morgan fingerprint density at radius 1 is 1.19 bits per heavy atom. The summed E-state index contributed by atoms with van der Waals surface area (Å²) in [6.45, 7) is 3.68. The lowest BCUT2D eigenvalue weighted by atomic mass is 10.2. The lowest BCUT2D eigenvalue weighted by molar-refractivity contribution is -0.384. The number of hydrogen-bond acceptors (Lipinski definition) is 5. The van der Waals surface area contributed by atoms with E-state index in [-0.39, 0.29) is 17.1 Å². The van der Waals surface area contributed by atoms with Crippen LogP contribution in [0.2, 0.25) is 0 Å². The van der Waals surface area contributed by atoms with E-state index in [0.29, 0.717) is 17.0 Å². The van der Waals surface area contributed by atoms with E-state index in [1.807, 2.05) is 25.1 Å². The molecule has 0 aliphatic rings. The van der Waals surface area contributed by atoms with Gasteiger partial charge in [-0.2, -0.15) is 5.10 Å². The van der Waals surface area contributed by atoms with Gasteiger partial charge in [0.2, 0.25) is 0 Å². The van der Waals surface area contributed by atoms with Crippen molar-refractivity contribution in [2.45, 2.75) is 13.8 Å². The number of aromatic nitrogens is 2. The number of amides is 1. The minimum Gasteiger partial charge on any atom is -0.457 e. The number of nitro groups is 1. The number of ether oxygens (including phenoxy) is 1. The summed E-state index contributed by atoms with van der Waals surface area (Å²) in [5.74, 6) is 0.409. The molecule has 0 bridgehead atoms. The summed E-state index contributed by atoms with van der Waals surface area (Å²) in [5, 5.41) is 17.9. The van der Waals surface area contributed by atoms with E-state index in [4.69, 9.17) is 4.74 Å². The lowest BCUT2D eigenvalue weighted by Gasteiger charge is -2.10. The molecular formula is C19H18N4O4. The molecule has 1 heterocycles. The van der Waals surface area contributed by atoms with Crippen LogP contribution in [0.5, 0.6) is 11.5 Å². The normalized spacial score (nSPS) is 10.5. The molecule has 0 aliphatic heterocycles. The van der Waals surface area contributed by atoms with Crippen LogP contribution in [0.15, 0.2) is 48.7 Å². The maximum absolute atomic E-state index is 12.5. The van der Waals surface area contributed by atoms with E-state index in [9.17, 15) is 14.9 Å². The topological polar surface area (TPSA) is 99.3 Å². The first-order chi connectivity index (χ1) is 12.8. The van der Waals surface area contributed by atoms with Crippen molar-refractivity contribution in [2.75, 3.05) is 5.32 Å². The number of nitrogens with zero attached hydrogens (tertiary/aromatic N) is 3. The second-order valence-corrected chi connectivity index (χ2v) is 6.11. The second kappa shape index (κ2) is 7.28. The molecule has 8 nitrogen and oxygen atoms in total. The fourth-order valence-electron chi connectivity index (χ4n) is 2.55. The van der Waals surface area contributed by atoms with Gasteiger partial charge in [0.15, 0.2) is 0 Å². The third kappa shape index (κ3) is 4.12. The average molecular weight is 366 g/mol. The molecule has 3 rings (SSSR count). The van der Waals surface area contributed by atoms with Gasteiger partial charge in [-0.3, -0.25) is 19.6 Å². The highest BCUT2D eigenvalue weighted by Gasteiger charge is 2.16. The molecular weight excluding hydrogens is 348 g/mol. The van der Waals surface area contributed by atoms with Gasteiger partial charge < -0.3 is 10.1 Å². The number of aryl methyl sites for hydroxylation is 2.